The van der Waals surface area contributed by atoms with E-state index in [9.17, 15) is 0 Å². The Labute approximate surface area is 315 Å². The lowest BCUT2D eigenvalue weighted by Gasteiger charge is -2.39. The molecule has 2 aliphatic carbocycles. The van der Waals surface area contributed by atoms with Crippen molar-refractivity contribution in [2.24, 2.45) is 0 Å². The third-order valence-electron chi connectivity index (χ3n) is 12.4. The molecule has 2 aliphatic rings. The monoisotopic (exact) mass is 693 g/mol. The summed E-state index contributed by atoms with van der Waals surface area (Å²) in [6.07, 6.45) is 0. The van der Waals surface area contributed by atoms with Crippen LogP contribution in [0.3, 0.4) is 0 Å². The van der Waals surface area contributed by atoms with Crippen LogP contribution in [-0.4, -0.2) is 0 Å². The van der Waals surface area contributed by atoms with Gasteiger partial charge in [0, 0.05) is 38.5 Å². The maximum Gasteiger partial charge on any atom is 0.159 e. The molecular formula is C52H39NO. The Balaban J connectivity index is 1.11. The van der Waals surface area contributed by atoms with E-state index in [4.69, 9.17) is 4.42 Å². The van der Waals surface area contributed by atoms with Crippen molar-refractivity contribution in [2.45, 2.75) is 38.5 Å². The second-order valence-electron chi connectivity index (χ2n) is 16.1. The summed E-state index contributed by atoms with van der Waals surface area (Å²) in [6.45, 7) is 9.71. The van der Waals surface area contributed by atoms with E-state index < -0.39 is 0 Å². The van der Waals surface area contributed by atoms with Gasteiger partial charge in [-0.2, -0.15) is 0 Å². The second kappa shape index (κ2) is 11.1. The van der Waals surface area contributed by atoms with Gasteiger partial charge < -0.3 is 9.32 Å². The van der Waals surface area contributed by atoms with Crippen molar-refractivity contribution in [1.29, 1.82) is 0 Å². The van der Waals surface area contributed by atoms with Crippen molar-refractivity contribution in [3.8, 4) is 33.4 Å². The van der Waals surface area contributed by atoms with E-state index >= 15 is 0 Å². The molecular weight excluding hydrogens is 655 g/mol. The summed E-state index contributed by atoms with van der Waals surface area (Å²) in [5.41, 5.74) is 17.9. The lowest BCUT2D eigenvalue weighted by Crippen LogP contribution is -2.29. The van der Waals surface area contributed by atoms with Gasteiger partial charge in [-0.3, -0.25) is 0 Å². The highest BCUT2D eigenvalue weighted by Crippen LogP contribution is 2.59. The van der Waals surface area contributed by atoms with Crippen molar-refractivity contribution in [3.63, 3.8) is 0 Å². The fourth-order valence-corrected chi connectivity index (χ4v) is 9.96. The van der Waals surface area contributed by atoms with Gasteiger partial charge in [0.05, 0.1) is 5.69 Å². The van der Waals surface area contributed by atoms with E-state index in [1.807, 2.05) is 0 Å². The minimum Gasteiger partial charge on any atom is -0.453 e. The number of anilines is 3. The first-order valence-corrected chi connectivity index (χ1v) is 19.0. The Kier molecular flexibility index (Phi) is 6.39. The number of furan rings is 1. The predicted octanol–water partition coefficient (Wildman–Crippen LogP) is 14.5. The summed E-state index contributed by atoms with van der Waals surface area (Å²) >= 11 is 0. The molecule has 1 aromatic heterocycles. The quantitative estimate of drug-likeness (QED) is 0.182. The van der Waals surface area contributed by atoms with Crippen molar-refractivity contribution in [3.05, 3.63) is 186 Å². The first kappa shape index (κ1) is 31.2. The van der Waals surface area contributed by atoms with Crippen LogP contribution >= 0.6 is 0 Å². The zero-order chi connectivity index (χ0) is 36.3. The zero-order valence-electron chi connectivity index (χ0n) is 30.9. The molecule has 1 heterocycles. The van der Waals surface area contributed by atoms with Gasteiger partial charge in [0.2, 0.25) is 0 Å². The van der Waals surface area contributed by atoms with Crippen molar-refractivity contribution < 1.29 is 4.42 Å². The SMILES string of the molecule is CC1(C)c2cc(N(c3ccccc3)c3cccc4c3oc3c(-c5ccccc5)cccc34)ccc2-c2ccc3c(c21)C(C)(C)c1cccc2cccc-3c12. The standard InChI is InChI=1S/C52H39NO/c1-51(2)43-25-12-18-33-17-11-22-38(46(33)43)40-30-29-39-37-28-27-35(31-44(37)52(3,4)47(39)48(40)51)53(34-19-9-6-10-20-34)45-26-14-24-42-41-23-13-21-36(49(41)54-50(42)45)32-15-7-5-8-16-32/h5-31H,1-4H3. The number of rotatable bonds is 4. The largest absolute Gasteiger partial charge is 0.453 e. The molecule has 0 spiro atoms. The summed E-state index contributed by atoms with van der Waals surface area (Å²) in [7, 11) is 0. The molecule has 0 atom stereocenters. The van der Waals surface area contributed by atoms with Crippen LogP contribution in [0.4, 0.5) is 17.1 Å². The first-order chi connectivity index (χ1) is 26.3. The molecule has 2 nitrogen and oxygen atoms in total. The van der Waals surface area contributed by atoms with Crippen LogP contribution in [0.15, 0.2) is 168 Å². The topological polar surface area (TPSA) is 16.4 Å². The molecule has 0 fully saturated rings. The highest BCUT2D eigenvalue weighted by atomic mass is 16.3. The Morgan fingerprint density at radius 2 is 1.02 bits per heavy atom. The van der Waals surface area contributed by atoms with E-state index in [0.717, 1.165) is 50.1 Å². The fourth-order valence-electron chi connectivity index (χ4n) is 9.96. The van der Waals surface area contributed by atoms with Crippen LogP contribution in [0.5, 0.6) is 0 Å². The zero-order valence-corrected chi connectivity index (χ0v) is 30.9. The Morgan fingerprint density at radius 3 is 1.78 bits per heavy atom. The van der Waals surface area contributed by atoms with Crippen LogP contribution in [0, 0.1) is 0 Å². The number of hydrogen-bond acceptors (Lipinski definition) is 2. The Morgan fingerprint density at radius 1 is 0.426 bits per heavy atom. The van der Waals surface area contributed by atoms with Gasteiger partial charge in [-0.15, -0.1) is 0 Å². The molecule has 0 aliphatic heterocycles. The van der Waals surface area contributed by atoms with Gasteiger partial charge in [-0.1, -0.05) is 161 Å². The molecule has 258 valence electrons. The fraction of sp³-hybridized carbons (Fsp3) is 0.115. The summed E-state index contributed by atoms with van der Waals surface area (Å²) < 4.78 is 6.97. The summed E-state index contributed by atoms with van der Waals surface area (Å²) in [4.78, 5) is 2.38. The molecule has 11 rings (SSSR count). The molecule has 0 unspecified atom stereocenters. The van der Waals surface area contributed by atoms with E-state index in [-0.39, 0.29) is 10.8 Å². The third-order valence-corrected chi connectivity index (χ3v) is 12.4. The van der Waals surface area contributed by atoms with E-state index in [1.165, 1.54) is 55.3 Å². The van der Waals surface area contributed by atoms with Gasteiger partial charge in [0.1, 0.15) is 5.58 Å². The van der Waals surface area contributed by atoms with Gasteiger partial charge in [0.15, 0.2) is 5.58 Å². The highest BCUT2D eigenvalue weighted by Gasteiger charge is 2.44. The lowest BCUT2D eigenvalue weighted by molar-refractivity contribution is 0.591. The second-order valence-corrected chi connectivity index (χ2v) is 16.1. The van der Waals surface area contributed by atoms with Gasteiger partial charge in [-0.25, -0.2) is 0 Å². The van der Waals surface area contributed by atoms with E-state index in [1.54, 1.807) is 0 Å². The van der Waals surface area contributed by atoms with E-state index in [0.29, 0.717) is 0 Å². The minimum absolute atomic E-state index is 0.164. The van der Waals surface area contributed by atoms with Crippen molar-refractivity contribution >= 4 is 49.8 Å². The molecule has 0 radical (unpaired) electrons. The van der Waals surface area contributed by atoms with Crippen LogP contribution in [0.2, 0.25) is 0 Å². The predicted molar refractivity (Wildman–Crippen MR) is 226 cm³/mol. The third kappa shape index (κ3) is 4.17. The van der Waals surface area contributed by atoms with Crippen LogP contribution in [0.1, 0.15) is 49.9 Å². The highest BCUT2D eigenvalue weighted by molar-refractivity contribution is 6.13. The van der Waals surface area contributed by atoms with Crippen molar-refractivity contribution in [2.75, 3.05) is 4.90 Å². The number of hydrogen-bond donors (Lipinski definition) is 0. The smallest absolute Gasteiger partial charge is 0.159 e. The average molecular weight is 694 g/mol. The summed E-state index contributed by atoms with van der Waals surface area (Å²) in [5, 5.41) is 4.94. The maximum absolute atomic E-state index is 6.97. The normalized spacial score (nSPS) is 14.6. The number of nitrogens with zero attached hydrogens (tertiary/aromatic N) is 1. The van der Waals surface area contributed by atoms with Gasteiger partial charge in [0.25, 0.3) is 0 Å². The van der Waals surface area contributed by atoms with Crippen LogP contribution < -0.4 is 4.90 Å². The minimum atomic E-state index is -0.234. The number of benzene rings is 8. The molecule has 54 heavy (non-hydrogen) atoms. The molecule has 0 amide bonds. The molecule has 0 saturated carbocycles. The molecule has 8 aromatic carbocycles. The first-order valence-electron chi connectivity index (χ1n) is 19.0. The van der Waals surface area contributed by atoms with E-state index in [2.05, 4.69) is 196 Å². The molecule has 2 heteroatoms. The average Bonchev–Trinajstić information content (AvgIpc) is 3.70. The molecule has 0 bridgehead atoms. The van der Waals surface area contributed by atoms with Crippen molar-refractivity contribution in [1.82, 2.24) is 0 Å². The molecule has 0 saturated heterocycles. The lowest BCUT2D eigenvalue weighted by atomic mass is 9.63. The van der Waals surface area contributed by atoms with Gasteiger partial charge >= 0.3 is 0 Å². The molecule has 9 aromatic rings. The Hall–Kier alpha value is -6.38. The van der Waals surface area contributed by atoms with Crippen LogP contribution in [0.25, 0.3) is 66.1 Å². The number of fused-ring (bicyclic) bond motifs is 9. The summed E-state index contributed by atoms with van der Waals surface area (Å²) in [6, 6.07) is 59.8. The molecule has 0 N–H and O–H groups in total. The van der Waals surface area contributed by atoms with Gasteiger partial charge in [-0.05, 0) is 91.2 Å². The Bertz CT molecular complexity index is 2980. The maximum atomic E-state index is 6.97. The summed E-state index contributed by atoms with van der Waals surface area (Å²) in [5.74, 6) is 0. The number of para-hydroxylation sites is 3. The van der Waals surface area contributed by atoms with Crippen LogP contribution in [-0.2, 0) is 10.8 Å².